The molecule has 1 unspecified atom stereocenters. The van der Waals surface area contributed by atoms with Gasteiger partial charge in [0.05, 0.1) is 0 Å². The Balaban J connectivity index is 2.24. The molecule has 0 radical (unpaired) electrons. The van der Waals surface area contributed by atoms with Crippen molar-refractivity contribution in [1.29, 1.82) is 0 Å². The van der Waals surface area contributed by atoms with Crippen LogP contribution in [-0.2, 0) is 9.59 Å². The minimum Gasteiger partial charge on any atom is -0.354 e. The highest BCUT2D eigenvalue weighted by molar-refractivity contribution is 5.88. The van der Waals surface area contributed by atoms with E-state index in [1.807, 2.05) is 13.8 Å². The Morgan fingerprint density at radius 1 is 1.25 bits per heavy atom. The van der Waals surface area contributed by atoms with Crippen LogP contribution in [-0.4, -0.2) is 24.4 Å². The van der Waals surface area contributed by atoms with Gasteiger partial charge in [-0.3, -0.25) is 9.59 Å². The van der Waals surface area contributed by atoms with Gasteiger partial charge in [-0.25, -0.2) is 0 Å². The number of hydrogen-bond donors (Lipinski definition) is 2. The number of carbonyl (C=O) groups excluding carboxylic acids is 2. The fourth-order valence-corrected chi connectivity index (χ4v) is 1.53. The Labute approximate surface area is 97.2 Å². The molecule has 4 heteroatoms. The standard InChI is InChI=1S/C12H22N2O2/c1-8(2)7-13-11(15)9(3)14-12(16)10-5-4-6-10/h8-10H,4-7H2,1-3H3,(H,13,15)(H,14,16). The number of nitrogens with one attached hydrogen (secondary N) is 2. The molecule has 0 saturated heterocycles. The van der Waals surface area contributed by atoms with Crippen LogP contribution in [0.4, 0.5) is 0 Å². The summed E-state index contributed by atoms with van der Waals surface area (Å²) in [7, 11) is 0. The fourth-order valence-electron chi connectivity index (χ4n) is 1.53. The molecule has 16 heavy (non-hydrogen) atoms. The third kappa shape index (κ3) is 3.83. The summed E-state index contributed by atoms with van der Waals surface area (Å²) >= 11 is 0. The van der Waals surface area contributed by atoms with Gasteiger partial charge in [0, 0.05) is 12.5 Å². The normalized spacial score (nSPS) is 17.8. The third-order valence-corrected chi connectivity index (χ3v) is 2.91. The van der Waals surface area contributed by atoms with E-state index in [4.69, 9.17) is 0 Å². The van der Waals surface area contributed by atoms with E-state index < -0.39 is 6.04 Å². The summed E-state index contributed by atoms with van der Waals surface area (Å²) in [6.45, 7) is 6.46. The van der Waals surface area contributed by atoms with Crippen LogP contribution in [0, 0.1) is 11.8 Å². The van der Waals surface area contributed by atoms with Gasteiger partial charge < -0.3 is 10.6 Å². The largest absolute Gasteiger partial charge is 0.354 e. The van der Waals surface area contributed by atoms with E-state index in [1.165, 1.54) is 0 Å². The molecular weight excluding hydrogens is 204 g/mol. The first-order valence-corrected chi connectivity index (χ1v) is 6.08. The van der Waals surface area contributed by atoms with E-state index in [0.717, 1.165) is 19.3 Å². The van der Waals surface area contributed by atoms with Crippen molar-refractivity contribution in [1.82, 2.24) is 10.6 Å². The highest BCUT2D eigenvalue weighted by Crippen LogP contribution is 2.26. The summed E-state index contributed by atoms with van der Waals surface area (Å²) in [6, 6.07) is -0.424. The maximum absolute atomic E-state index is 11.6. The average molecular weight is 226 g/mol. The summed E-state index contributed by atoms with van der Waals surface area (Å²) in [5.74, 6) is 0.499. The number of rotatable bonds is 5. The second-order valence-electron chi connectivity index (χ2n) is 5.00. The molecule has 1 fully saturated rings. The van der Waals surface area contributed by atoms with Crippen LogP contribution < -0.4 is 10.6 Å². The number of carbonyl (C=O) groups is 2. The molecule has 0 bridgehead atoms. The lowest BCUT2D eigenvalue weighted by molar-refractivity contribution is -0.132. The van der Waals surface area contributed by atoms with Gasteiger partial charge in [-0.05, 0) is 25.7 Å². The molecule has 0 aromatic heterocycles. The van der Waals surface area contributed by atoms with Crippen LogP contribution in [0.1, 0.15) is 40.0 Å². The molecule has 4 nitrogen and oxygen atoms in total. The summed E-state index contributed by atoms with van der Waals surface area (Å²) in [5.41, 5.74) is 0. The maximum atomic E-state index is 11.6. The van der Waals surface area contributed by atoms with Gasteiger partial charge in [0.2, 0.25) is 11.8 Å². The SMILES string of the molecule is CC(C)CNC(=O)C(C)NC(=O)C1CCC1. The summed E-state index contributed by atoms with van der Waals surface area (Å²) in [6.07, 6.45) is 3.06. The average Bonchev–Trinajstić information content (AvgIpc) is 2.10. The van der Waals surface area contributed by atoms with Gasteiger partial charge in [0.15, 0.2) is 0 Å². The number of hydrogen-bond acceptors (Lipinski definition) is 2. The highest BCUT2D eigenvalue weighted by Gasteiger charge is 2.27. The van der Waals surface area contributed by atoms with Gasteiger partial charge >= 0.3 is 0 Å². The second kappa shape index (κ2) is 5.87. The summed E-state index contributed by atoms with van der Waals surface area (Å²) in [5, 5.41) is 5.56. The molecule has 0 aliphatic heterocycles. The van der Waals surface area contributed by atoms with Crippen molar-refractivity contribution >= 4 is 11.8 Å². The molecule has 0 heterocycles. The van der Waals surface area contributed by atoms with Gasteiger partial charge in [0.1, 0.15) is 6.04 Å². The Morgan fingerprint density at radius 3 is 2.31 bits per heavy atom. The highest BCUT2D eigenvalue weighted by atomic mass is 16.2. The monoisotopic (exact) mass is 226 g/mol. The molecule has 0 aromatic carbocycles. The van der Waals surface area contributed by atoms with Gasteiger partial charge in [-0.2, -0.15) is 0 Å². The van der Waals surface area contributed by atoms with Crippen molar-refractivity contribution in [2.24, 2.45) is 11.8 Å². The van der Waals surface area contributed by atoms with Crippen molar-refractivity contribution in [3.05, 3.63) is 0 Å². The second-order valence-corrected chi connectivity index (χ2v) is 5.00. The van der Waals surface area contributed by atoms with E-state index in [0.29, 0.717) is 12.5 Å². The fraction of sp³-hybridized carbons (Fsp3) is 0.833. The van der Waals surface area contributed by atoms with Crippen molar-refractivity contribution in [3.63, 3.8) is 0 Å². The van der Waals surface area contributed by atoms with Crippen LogP contribution in [0.15, 0.2) is 0 Å². The predicted octanol–water partition coefficient (Wildman–Crippen LogP) is 1.06. The van der Waals surface area contributed by atoms with Gasteiger partial charge in [0.25, 0.3) is 0 Å². The first-order chi connectivity index (χ1) is 7.50. The molecule has 1 aliphatic rings. The molecule has 92 valence electrons. The Kier molecular flexibility index (Phi) is 4.77. The topological polar surface area (TPSA) is 58.2 Å². The zero-order chi connectivity index (χ0) is 12.1. The zero-order valence-electron chi connectivity index (χ0n) is 10.4. The van der Waals surface area contributed by atoms with E-state index in [2.05, 4.69) is 10.6 Å². The molecule has 0 aromatic rings. The van der Waals surface area contributed by atoms with E-state index in [-0.39, 0.29) is 17.7 Å². The summed E-state index contributed by atoms with van der Waals surface area (Å²) < 4.78 is 0. The van der Waals surface area contributed by atoms with Crippen molar-refractivity contribution in [3.8, 4) is 0 Å². The Bertz CT molecular complexity index is 260. The molecule has 1 saturated carbocycles. The van der Waals surface area contributed by atoms with Crippen LogP contribution in [0.25, 0.3) is 0 Å². The first kappa shape index (κ1) is 13.0. The van der Waals surface area contributed by atoms with Crippen LogP contribution in [0.5, 0.6) is 0 Å². The van der Waals surface area contributed by atoms with E-state index >= 15 is 0 Å². The molecule has 2 amide bonds. The quantitative estimate of drug-likeness (QED) is 0.736. The van der Waals surface area contributed by atoms with E-state index in [9.17, 15) is 9.59 Å². The number of amides is 2. The van der Waals surface area contributed by atoms with Gasteiger partial charge in [-0.1, -0.05) is 20.3 Å². The lowest BCUT2D eigenvalue weighted by Crippen LogP contribution is -2.48. The van der Waals surface area contributed by atoms with Crippen LogP contribution >= 0.6 is 0 Å². The summed E-state index contributed by atoms with van der Waals surface area (Å²) in [4.78, 5) is 23.2. The zero-order valence-corrected chi connectivity index (χ0v) is 10.4. The smallest absolute Gasteiger partial charge is 0.242 e. The molecule has 1 atom stereocenters. The van der Waals surface area contributed by atoms with Crippen molar-refractivity contribution in [2.45, 2.75) is 46.1 Å². The minimum absolute atomic E-state index is 0.0263. The predicted molar refractivity (Wildman–Crippen MR) is 62.8 cm³/mol. The maximum Gasteiger partial charge on any atom is 0.242 e. The molecule has 1 aliphatic carbocycles. The van der Waals surface area contributed by atoms with Gasteiger partial charge in [-0.15, -0.1) is 0 Å². The van der Waals surface area contributed by atoms with Crippen LogP contribution in [0.3, 0.4) is 0 Å². The minimum atomic E-state index is -0.424. The lowest BCUT2D eigenvalue weighted by Gasteiger charge is -2.25. The molecule has 1 rings (SSSR count). The molecule has 2 N–H and O–H groups in total. The van der Waals surface area contributed by atoms with Crippen LogP contribution in [0.2, 0.25) is 0 Å². The van der Waals surface area contributed by atoms with Crippen molar-refractivity contribution in [2.75, 3.05) is 6.54 Å². The molecule has 0 spiro atoms. The Hall–Kier alpha value is -1.06. The Morgan fingerprint density at radius 2 is 1.88 bits per heavy atom. The van der Waals surface area contributed by atoms with E-state index in [1.54, 1.807) is 6.92 Å². The van der Waals surface area contributed by atoms with Crippen molar-refractivity contribution < 1.29 is 9.59 Å². The third-order valence-electron chi connectivity index (χ3n) is 2.91. The first-order valence-electron chi connectivity index (χ1n) is 6.08. The molecular formula is C12H22N2O2. The lowest BCUT2D eigenvalue weighted by atomic mass is 9.84.